The highest BCUT2D eigenvalue weighted by atomic mass is 16.5. The first-order chi connectivity index (χ1) is 11.5. The highest BCUT2D eigenvalue weighted by Gasteiger charge is 2.36. The molecule has 2 aromatic carbocycles. The topological polar surface area (TPSA) is 26.3 Å². The summed E-state index contributed by atoms with van der Waals surface area (Å²) < 4.78 is 5.38. The van der Waals surface area contributed by atoms with Crippen molar-refractivity contribution in [2.75, 3.05) is 7.11 Å². The van der Waals surface area contributed by atoms with Gasteiger partial charge in [0.1, 0.15) is 5.75 Å². The van der Waals surface area contributed by atoms with Crippen LogP contribution in [0.4, 0.5) is 0 Å². The van der Waals surface area contributed by atoms with Crippen molar-refractivity contribution in [1.82, 2.24) is 0 Å². The second-order valence-corrected chi connectivity index (χ2v) is 7.51. The van der Waals surface area contributed by atoms with E-state index in [1.54, 1.807) is 7.11 Å². The molecular formula is C22H24O2. The minimum absolute atomic E-state index is 0.338. The van der Waals surface area contributed by atoms with Gasteiger partial charge in [0, 0.05) is 12.0 Å². The molecule has 0 aliphatic heterocycles. The fourth-order valence-electron chi connectivity index (χ4n) is 4.57. The fourth-order valence-corrected chi connectivity index (χ4v) is 4.57. The van der Waals surface area contributed by atoms with Gasteiger partial charge in [-0.1, -0.05) is 26.0 Å². The third-order valence-electron chi connectivity index (χ3n) is 5.78. The van der Waals surface area contributed by atoms with Crippen LogP contribution in [-0.4, -0.2) is 12.9 Å². The van der Waals surface area contributed by atoms with E-state index in [4.69, 9.17) is 4.74 Å². The van der Waals surface area contributed by atoms with E-state index in [9.17, 15) is 4.79 Å². The Morgan fingerprint density at radius 3 is 2.62 bits per heavy atom. The lowest BCUT2D eigenvalue weighted by Gasteiger charge is -2.27. The Bertz CT molecular complexity index is 846. The van der Waals surface area contributed by atoms with Crippen molar-refractivity contribution in [2.45, 2.75) is 46.0 Å². The largest absolute Gasteiger partial charge is 0.497 e. The number of rotatable bonds is 2. The summed E-state index contributed by atoms with van der Waals surface area (Å²) in [6.07, 6.45) is 2.72. The van der Waals surface area contributed by atoms with Crippen LogP contribution in [0, 0.1) is 12.8 Å². The number of aryl methyl sites for hydroxylation is 2. The molecule has 0 aromatic heterocycles. The van der Waals surface area contributed by atoms with Gasteiger partial charge in [0.2, 0.25) is 0 Å². The van der Waals surface area contributed by atoms with E-state index in [1.165, 1.54) is 27.8 Å². The summed E-state index contributed by atoms with van der Waals surface area (Å²) in [5, 5.41) is 0. The van der Waals surface area contributed by atoms with Gasteiger partial charge >= 0.3 is 0 Å². The lowest BCUT2D eigenvalue weighted by atomic mass is 9.77. The highest BCUT2D eigenvalue weighted by Crippen LogP contribution is 2.47. The van der Waals surface area contributed by atoms with E-state index in [0.29, 0.717) is 24.0 Å². The number of Topliss-reactive ketones (excluding diaryl/α,β-unsaturated/α-hetero) is 1. The first-order valence-electron chi connectivity index (χ1n) is 8.88. The molecule has 0 saturated heterocycles. The van der Waals surface area contributed by atoms with Crippen LogP contribution in [0.25, 0.3) is 11.1 Å². The van der Waals surface area contributed by atoms with Crippen LogP contribution in [0.15, 0.2) is 24.3 Å². The molecule has 24 heavy (non-hydrogen) atoms. The quantitative estimate of drug-likeness (QED) is 0.770. The number of fused-ring (bicyclic) bond motifs is 5. The van der Waals surface area contributed by atoms with Crippen LogP contribution < -0.4 is 4.74 Å². The Kier molecular flexibility index (Phi) is 3.52. The minimum atomic E-state index is 0.338. The third-order valence-corrected chi connectivity index (χ3v) is 5.78. The Hall–Kier alpha value is -2.09. The zero-order valence-electron chi connectivity index (χ0n) is 14.9. The number of hydrogen-bond donors (Lipinski definition) is 0. The SMILES string of the molecule is COc1ccc2c(c1)CCc1c-2cc(C)c2c1C(C(C)C)CC2=O. The maximum atomic E-state index is 12.6. The molecule has 0 heterocycles. The van der Waals surface area contributed by atoms with Crippen LogP contribution in [0.3, 0.4) is 0 Å². The normalized spacial score (nSPS) is 18.4. The van der Waals surface area contributed by atoms with E-state index in [2.05, 4.69) is 39.0 Å². The van der Waals surface area contributed by atoms with Crippen molar-refractivity contribution in [1.29, 1.82) is 0 Å². The lowest BCUT2D eigenvalue weighted by Crippen LogP contribution is -2.12. The van der Waals surface area contributed by atoms with E-state index in [1.807, 2.05) is 6.07 Å². The van der Waals surface area contributed by atoms with Crippen molar-refractivity contribution < 1.29 is 9.53 Å². The van der Waals surface area contributed by atoms with Gasteiger partial charge in [-0.15, -0.1) is 0 Å². The summed E-state index contributed by atoms with van der Waals surface area (Å²) in [6.45, 7) is 6.57. The van der Waals surface area contributed by atoms with Crippen molar-refractivity contribution in [3.8, 4) is 16.9 Å². The van der Waals surface area contributed by atoms with Gasteiger partial charge in [0.25, 0.3) is 0 Å². The number of carbonyl (C=O) groups is 1. The minimum Gasteiger partial charge on any atom is -0.497 e. The van der Waals surface area contributed by atoms with Gasteiger partial charge in [0.15, 0.2) is 5.78 Å². The summed E-state index contributed by atoms with van der Waals surface area (Å²) in [5.41, 5.74) is 8.92. The Morgan fingerprint density at radius 1 is 1.12 bits per heavy atom. The molecule has 124 valence electrons. The second kappa shape index (κ2) is 5.47. The van der Waals surface area contributed by atoms with Crippen LogP contribution in [0.1, 0.15) is 58.8 Å². The maximum absolute atomic E-state index is 12.6. The lowest BCUT2D eigenvalue weighted by molar-refractivity contribution is 0.0984. The van der Waals surface area contributed by atoms with Gasteiger partial charge in [-0.2, -0.15) is 0 Å². The van der Waals surface area contributed by atoms with Gasteiger partial charge in [-0.05, 0) is 77.1 Å². The third kappa shape index (κ3) is 2.12. The number of ketones is 1. The Morgan fingerprint density at radius 2 is 1.92 bits per heavy atom. The molecule has 0 spiro atoms. The summed E-state index contributed by atoms with van der Waals surface area (Å²) in [6, 6.07) is 8.62. The summed E-state index contributed by atoms with van der Waals surface area (Å²) in [7, 11) is 1.72. The predicted octanol–water partition coefficient (Wildman–Crippen LogP) is 5.10. The second-order valence-electron chi connectivity index (χ2n) is 7.51. The van der Waals surface area contributed by atoms with Crippen molar-refractivity contribution in [2.24, 2.45) is 5.92 Å². The first kappa shape index (κ1) is 15.4. The molecule has 2 aliphatic rings. The van der Waals surface area contributed by atoms with E-state index >= 15 is 0 Å². The monoisotopic (exact) mass is 320 g/mol. The number of hydrogen-bond acceptors (Lipinski definition) is 2. The van der Waals surface area contributed by atoms with Crippen LogP contribution in [0.5, 0.6) is 5.75 Å². The smallest absolute Gasteiger partial charge is 0.164 e. The van der Waals surface area contributed by atoms with Gasteiger partial charge in [-0.3, -0.25) is 4.79 Å². The fraction of sp³-hybridized carbons (Fsp3) is 0.409. The van der Waals surface area contributed by atoms with Crippen molar-refractivity contribution >= 4 is 5.78 Å². The number of ether oxygens (including phenoxy) is 1. The first-order valence-corrected chi connectivity index (χ1v) is 8.88. The molecule has 1 unspecified atom stereocenters. The molecule has 2 aliphatic carbocycles. The summed E-state index contributed by atoms with van der Waals surface area (Å²) >= 11 is 0. The van der Waals surface area contributed by atoms with Crippen LogP contribution in [-0.2, 0) is 12.8 Å². The molecule has 2 aromatic rings. The molecule has 0 amide bonds. The highest BCUT2D eigenvalue weighted by molar-refractivity contribution is 6.04. The van der Waals surface area contributed by atoms with Gasteiger partial charge in [0.05, 0.1) is 7.11 Å². The molecule has 0 saturated carbocycles. The predicted molar refractivity (Wildman–Crippen MR) is 97.1 cm³/mol. The Labute approximate surface area is 143 Å². The maximum Gasteiger partial charge on any atom is 0.164 e. The summed E-state index contributed by atoms with van der Waals surface area (Å²) in [4.78, 5) is 12.6. The van der Waals surface area contributed by atoms with E-state index in [0.717, 1.165) is 29.7 Å². The average Bonchev–Trinajstić information content (AvgIpc) is 2.93. The molecule has 2 nitrogen and oxygen atoms in total. The average molecular weight is 320 g/mol. The molecule has 0 radical (unpaired) electrons. The van der Waals surface area contributed by atoms with E-state index in [-0.39, 0.29) is 0 Å². The number of methoxy groups -OCH3 is 1. The zero-order chi connectivity index (χ0) is 17.0. The molecule has 1 atom stereocenters. The standard InChI is InChI=1S/C22H24O2/c1-12(2)18-11-20(23)21-13(3)9-19-16-8-6-15(24-4)10-14(16)5-7-17(19)22(18)21/h6,8-10,12,18H,5,7,11H2,1-4H3. The molecule has 0 N–H and O–H groups in total. The molecule has 0 fully saturated rings. The van der Waals surface area contributed by atoms with Gasteiger partial charge < -0.3 is 4.74 Å². The summed E-state index contributed by atoms with van der Waals surface area (Å²) in [5.74, 6) is 2.13. The zero-order valence-corrected chi connectivity index (χ0v) is 14.9. The molecule has 0 bridgehead atoms. The van der Waals surface area contributed by atoms with Crippen molar-refractivity contribution in [3.63, 3.8) is 0 Å². The number of carbonyl (C=O) groups excluding carboxylic acids is 1. The van der Waals surface area contributed by atoms with Gasteiger partial charge in [-0.25, -0.2) is 0 Å². The molecular weight excluding hydrogens is 296 g/mol. The van der Waals surface area contributed by atoms with Crippen LogP contribution >= 0.6 is 0 Å². The van der Waals surface area contributed by atoms with Crippen molar-refractivity contribution in [3.05, 3.63) is 52.1 Å². The molecule has 2 heteroatoms. The van der Waals surface area contributed by atoms with E-state index < -0.39 is 0 Å². The number of benzene rings is 2. The molecule has 4 rings (SSSR count). The van der Waals surface area contributed by atoms with Crippen LogP contribution in [0.2, 0.25) is 0 Å². The Balaban J connectivity index is 1.97.